The molecule has 0 aliphatic rings. The van der Waals surface area contributed by atoms with Crippen molar-refractivity contribution < 1.29 is 9.53 Å². The molecule has 8 heteroatoms. The Labute approximate surface area is 231 Å². The van der Waals surface area contributed by atoms with Gasteiger partial charge in [-0.25, -0.2) is 0 Å². The van der Waals surface area contributed by atoms with Crippen LogP contribution in [0.2, 0.25) is 0 Å². The predicted molar refractivity (Wildman–Crippen MR) is 161 cm³/mol. The summed E-state index contributed by atoms with van der Waals surface area (Å²) in [5.74, 6) is 1.32. The van der Waals surface area contributed by atoms with Gasteiger partial charge in [-0.2, -0.15) is 25.3 Å². The molecule has 0 unspecified atom stereocenters. The molecular formula is C28H52N4O2S2. The molecule has 0 saturated carbocycles. The minimum absolute atomic E-state index is 0.0134. The molecule has 1 aromatic carbocycles. The molecule has 208 valence electrons. The number of rotatable bonds is 20. The molecule has 0 fully saturated rings. The molecule has 0 bridgehead atoms. The van der Waals surface area contributed by atoms with Crippen LogP contribution in [0.5, 0.6) is 5.75 Å². The van der Waals surface area contributed by atoms with Crippen molar-refractivity contribution in [2.45, 2.75) is 70.3 Å². The Morgan fingerprint density at radius 3 is 2.00 bits per heavy atom. The highest BCUT2D eigenvalue weighted by Crippen LogP contribution is 2.15. The van der Waals surface area contributed by atoms with Crippen LogP contribution in [0.15, 0.2) is 24.3 Å². The number of benzene rings is 1. The second kappa shape index (κ2) is 17.6. The van der Waals surface area contributed by atoms with Crippen molar-refractivity contribution in [3.8, 4) is 5.75 Å². The van der Waals surface area contributed by atoms with Gasteiger partial charge in [-0.1, -0.05) is 13.8 Å². The van der Waals surface area contributed by atoms with E-state index in [4.69, 9.17) is 4.74 Å². The average Bonchev–Trinajstić information content (AvgIpc) is 2.80. The number of hydrogen-bond acceptors (Lipinski definition) is 7. The van der Waals surface area contributed by atoms with Gasteiger partial charge in [0.05, 0.1) is 6.61 Å². The summed E-state index contributed by atoms with van der Waals surface area (Å²) in [6.45, 7) is 20.7. The molecular weight excluding hydrogens is 488 g/mol. The number of nitrogens with one attached hydrogen (secondary N) is 3. The van der Waals surface area contributed by atoms with Crippen molar-refractivity contribution >= 4 is 31.2 Å². The van der Waals surface area contributed by atoms with Gasteiger partial charge >= 0.3 is 0 Å². The summed E-state index contributed by atoms with van der Waals surface area (Å²) in [6.07, 6.45) is 3.24. The van der Waals surface area contributed by atoms with Crippen molar-refractivity contribution in [2.75, 3.05) is 59.0 Å². The predicted octanol–water partition coefficient (Wildman–Crippen LogP) is 4.52. The fourth-order valence-corrected chi connectivity index (χ4v) is 4.06. The fourth-order valence-electron chi connectivity index (χ4n) is 3.84. The molecule has 1 aromatic rings. The lowest BCUT2D eigenvalue weighted by molar-refractivity contribution is 0.0949. The molecule has 0 aliphatic carbocycles. The quantitative estimate of drug-likeness (QED) is 0.124. The van der Waals surface area contributed by atoms with Gasteiger partial charge < -0.3 is 25.6 Å². The Hall–Kier alpha value is -0.930. The van der Waals surface area contributed by atoms with Crippen molar-refractivity contribution in [1.29, 1.82) is 0 Å². The number of ether oxygens (including phenoxy) is 1. The molecule has 0 heterocycles. The number of unbranched alkanes of at least 4 members (excludes halogenated alkanes) is 1. The van der Waals surface area contributed by atoms with E-state index in [2.05, 4.69) is 87.7 Å². The number of amides is 1. The Balaban J connectivity index is 2.36. The van der Waals surface area contributed by atoms with Gasteiger partial charge in [0.25, 0.3) is 5.91 Å². The third kappa shape index (κ3) is 16.7. The van der Waals surface area contributed by atoms with Gasteiger partial charge in [0, 0.05) is 41.2 Å². The monoisotopic (exact) mass is 540 g/mol. The highest BCUT2D eigenvalue weighted by Gasteiger charge is 2.15. The SMILES string of the molecule is CCN(CC)CCNC(=O)c1ccc(OCCCCC(CNCC(C)(C)S)CNCC(C)(C)S)cc1. The van der Waals surface area contributed by atoms with Gasteiger partial charge in [0.2, 0.25) is 0 Å². The molecule has 6 nitrogen and oxygen atoms in total. The maximum atomic E-state index is 12.3. The van der Waals surface area contributed by atoms with E-state index in [1.807, 2.05) is 24.3 Å². The molecule has 0 aliphatic heterocycles. The minimum Gasteiger partial charge on any atom is -0.494 e. The summed E-state index contributed by atoms with van der Waals surface area (Å²) < 4.78 is 5.90. The first-order valence-corrected chi connectivity index (χ1v) is 14.4. The number of carbonyl (C=O) groups excluding carboxylic acids is 1. The lowest BCUT2D eigenvalue weighted by Crippen LogP contribution is -2.39. The van der Waals surface area contributed by atoms with E-state index in [-0.39, 0.29) is 15.4 Å². The normalized spacial score (nSPS) is 12.4. The second-order valence-corrected chi connectivity index (χ2v) is 13.3. The maximum absolute atomic E-state index is 12.3. The van der Waals surface area contributed by atoms with E-state index < -0.39 is 0 Å². The van der Waals surface area contributed by atoms with Gasteiger partial charge in [0.15, 0.2) is 0 Å². The van der Waals surface area contributed by atoms with Crippen molar-refractivity contribution in [2.24, 2.45) is 5.92 Å². The highest BCUT2D eigenvalue weighted by molar-refractivity contribution is 7.82. The van der Waals surface area contributed by atoms with Crippen LogP contribution in [0.4, 0.5) is 0 Å². The van der Waals surface area contributed by atoms with Crippen molar-refractivity contribution in [3.63, 3.8) is 0 Å². The van der Waals surface area contributed by atoms with E-state index in [1.54, 1.807) is 0 Å². The van der Waals surface area contributed by atoms with E-state index in [0.29, 0.717) is 24.6 Å². The molecule has 1 amide bonds. The molecule has 0 radical (unpaired) electrons. The van der Waals surface area contributed by atoms with Crippen molar-refractivity contribution in [3.05, 3.63) is 29.8 Å². The molecule has 0 aromatic heterocycles. The number of thiol groups is 2. The summed E-state index contributed by atoms with van der Waals surface area (Å²) in [6, 6.07) is 7.44. The van der Waals surface area contributed by atoms with Crippen LogP contribution in [-0.4, -0.2) is 79.3 Å². The van der Waals surface area contributed by atoms with E-state index in [9.17, 15) is 4.79 Å². The molecule has 1 rings (SSSR count). The maximum Gasteiger partial charge on any atom is 0.251 e. The minimum atomic E-state index is -0.0374. The summed E-state index contributed by atoms with van der Waals surface area (Å²) in [4.78, 5) is 14.6. The number of nitrogens with zero attached hydrogens (tertiary/aromatic N) is 1. The molecule has 3 N–H and O–H groups in total. The zero-order chi connectivity index (χ0) is 27.0. The van der Waals surface area contributed by atoms with Gasteiger partial charge in [-0.05, 0) is 103 Å². The zero-order valence-corrected chi connectivity index (χ0v) is 25.3. The third-order valence-corrected chi connectivity index (χ3v) is 6.30. The molecule has 0 spiro atoms. The lowest BCUT2D eigenvalue weighted by atomic mass is 10.0. The lowest BCUT2D eigenvalue weighted by Gasteiger charge is -2.24. The van der Waals surface area contributed by atoms with Crippen LogP contribution in [0.25, 0.3) is 0 Å². The molecule has 36 heavy (non-hydrogen) atoms. The largest absolute Gasteiger partial charge is 0.494 e. The van der Waals surface area contributed by atoms with Crippen LogP contribution >= 0.6 is 25.3 Å². The van der Waals surface area contributed by atoms with Crippen LogP contribution in [0, 0.1) is 5.92 Å². The molecule has 0 saturated heterocycles. The van der Waals surface area contributed by atoms with Crippen LogP contribution in [0.3, 0.4) is 0 Å². The van der Waals surface area contributed by atoms with Gasteiger partial charge in [0.1, 0.15) is 5.75 Å². The summed E-state index contributed by atoms with van der Waals surface area (Å²) in [5, 5.41) is 10.1. The number of carbonyl (C=O) groups is 1. The smallest absolute Gasteiger partial charge is 0.251 e. The standard InChI is InChI=1S/C28H52N4O2S2/c1-7-32(8-2)17-16-31-26(33)24-12-14-25(15-13-24)34-18-10-9-11-23(19-29-21-27(3,4)35)20-30-22-28(5,6)36/h12-15,23,29-30,35-36H,7-11,16-22H2,1-6H3,(H,31,33). The van der Waals surface area contributed by atoms with Crippen LogP contribution in [0.1, 0.15) is 71.2 Å². The first-order valence-electron chi connectivity index (χ1n) is 13.5. The Morgan fingerprint density at radius 2 is 1.50 bits per heavy atom. The van der Waals surface area contributed by atoms with Crippen molar-refractivity contribution in [1.82, 2.24) is 20.9 Å². The third-order valence-electron chi connectivity index (χ3n) is 5.98. The summed E-state index contributed by atoms with van der Waals surface area (Å²) in [5.41, 5.74) is 0.665. The number of likely N-dealkylation sites (N-methyl/N-ethyl adjacent to an activating group) is 1. The summed E-state index contributed by atoms with van der Waals surface area (Å²) in [7, 11) is 0. The average molecular weight is 541 g/mol. The highest BCUT2D eigenvalue weighted by atomic mass is 32.1. The topological polar surface area (TPSA) is 65.6 Å². The Morgan fingerprint density at radius 1 is 0.944 bits per heavy atom. The Bertz CT molecular complexity index is 694. The van der Waals surface area contributed by atoms with Gasteiger partial charge in [-0.3, -0.25) is 4.79 Å². The first kappa shape index (κ1) is 33.1. The van der Waals surface area contributed by atoms with E-state index >= 15 is 0 Å². The van der Waals surface area contributed by atoms with Crippen LogP contribution < -0.4 is 20.7 Å². The van der Waals surface area contributed by atoms with Crippen LogP contribution in [-0.2, 0) is 0 Å². The first-order chi connectivity index (χ1) is 16.9. The zero-order valence-electron chi connectivity index (χ0n) is 23.5. The molecule has 0 atom stereocenters. The summed E-state index contributed by atoms with van der Waals surface area (Å²) >= 11 is 9.23. The fraction of sp³-hybridized carbons (Fsp3) is 0.750. The Kier molecular flexibility index (Phi) is 16.1. The van der Waals surface area contributed by atoms with E-state index in [0.717, 1.165) is 70.8 Å². The van der Waals surface area contributed by atoms with E-state index in [1.165, 1.54) is 0 Å². The second-order valence-electron chi connectivity index (χ2n) is 10.9. The van der Waals surface area contributed by atoms with Gasteiger partial charge in [-0.15, -0.1) is 0 Å². The number of hydrogen-bond donors (Lipinski definition) is 5.